The smallest absolute Gasteiger partial charge is 0.197 e. The van der Waals surface area contributed by atoms with E-state index < -0.39 is 0 Å². The lowest BCUT2D eigenvalue weighted by Crippen LogP contribution is -1.87. The van der Waals surface area contributed by atoms with Gasteiger partial charge in [-0.2, -0.15) is 0 Å². The molecule has 5 heteroatoms. The molecule has 0 aliphatic rings. The Kier molecular flexibility index (Phi) is 1.33. The Balaban J connectivity index is 2.14. The summed E-state index contributed by atoms with van der Waals surface area (Å²) in [7, 11) is 0. The fourth-order valence-electron chi connectivity index (χ4n) is 0.645. The lowest BCUT2D eigenvalue weighted by Gasteiger charge is -1.86. The highest BCUT2D eigenvalue weighted by atomic mass is 16.5. The maximum absolute atomic E-state index is 4.56. The van der Waals surface area contributed by atoms with Crippen molar-refractivity contribution in [3.8, 4) is 0 Å². The lowest BCUT2D eigenvalue weighted by atomic mass is 10.6. The largest absolute Gasteiger partial charge is 0.363 e. The molecule has 2 aromatic rings. The van der Waals surface area contributed by atoms with Crippen LogP contribution in [0.25, 0.3) is 0 Å². The predicted molar refractivity (Wildman–Crippen MR) is 34.5 cm³/mol. The van der Waals surface area contributed by atoms with Crippen molar-refractivity contribution >= 4 is 11.6 Å². The van der Waals surface area contributed by atoms with Crippen molar-refractivity contribution in [3.63, 3.8) is 0 Å². The minimum Gasteiger partial charge on any atom is -0.363 e. The predicted octanol–water partition coefficient (Wildman–Crippen LogP) is 1.23. The van der Waals surface area contributed by atoms with Crippen molar-refractivity contribution in [3.05, 3.63) is 24.7 Å². The van der Waals surface area contributed by atoms with Crippen molar-refractivity contribution in [1.29, 1.82) is 0 Å². The molecule has 0 unspecified atom stereocenters. The minimum absolute atomic E-state index is 0.485. The van der Waals surface area contributed by atoms with Gasteiger partial charge in [0.25, 0.3) is 0 Å². The van der Waals surface area contributed by atoms with Crippen LogP contribution in [0.15, 0.2) is 33.7 Å². The summed E-state index contributed by atoms with van der Waals surface area (Å²) in [6, 6.07) is 3.27. The van der Waals surface area contributed by atoms with Crippen molar-refractivity contribution < 1.29 is 9.05 Å². The zero-order valence-corrected chi connectivity index (χ0v) is 5.47. The molecule has 0 bridgehead atoms. The van der Waals surface area contributed by atoms with Crippen LogP contribution in [0.1, 0.15) is 0 Å². The Morgan fingerprint density at radius 3 is 1.91 bits per heavy atom. The maximum Gasteiger partial charge on any atom is 0.197 e. The normalized spacial score (nSPS) is 9.82. The van der Waals surface area contributed by atoms with Gasteiger partial charge in [0.2, 0.25) is 0 Å². The van der Waals surface area contributed by atoms with E-state index in [9.17, 15) is 0 Å². The lowest BCUT2D eigenvalue weighted by molar-refractivity contribution is 0.413. The highest BCUT2D eigenvalue weighted by Gasteiger charge is 2.00. The van der Waals surface area contributed by atoms with Gasteiger partial charge in [0.1, 0.15) is 12.5 Å². The molecular weight excluding hydrogens is 146 g/mol. The van der Waals surface area contributed by atoms with Crippen LogP contribution in [0.4, 0.5) is 11.6 Å². The van der Waals surface area contributed by atoms with E-state index in [-0.39, 0.29) is 0 Å². The zero-order chi connectivity index (χ0) is 7.52. The van der Waals surface area contributed by atoms with Gasteiger partial charge < -0.3 is 9.05 Å². The summed E-state index contributed by atoms with van der Waals surface area (Å²) in [5, 5.41) is 11.1. The standard InChI is InChI=1S/C6H4N3O2/c1-3-10-8-5(1)7-6-2-4-11-9-6/h1-4H. The first-order valence-electron chi connectivity index (χ1n) is 2.97. The molecule has 0 fully saturated rings. The van der Waals surface area contributed by atoms with Gasteiger partial charge in [0.05, 0.1) is 0 Å². The van der Waals surface area contributed by atoms with E-state index >= 15 is 0 Å². The van der Waals surface area contributed by atoms with E-state index in [2.05, 4.69) is 24.7 Å². The molecule has 1 radical (unpaired) electrons. The van der Waals surface area contributed by atoms with E-state index in [1.807, 2.05) is 0 Å². The summed E-state index contributed by atoms with van der Waals surface area (Å²) >= 11 is 0. The molecular formula is C6H4N3O2. The van der Waals surface area contributed by atoms with Gasteiger partial charge in [-0.3, -0.25) is 0 Å². The fourth-order valence-corrected chi connectivity index (χ4v) is 0.645. The van der Waals surface area contributed by atoms with E-state index in [0.717, 1.165) is 0 Å². The summed E-state index contributed by atoms with van der Waals surface area (Å²) in [5.41, 5.74) is 0. The summed E-state index contributed by atoms with van der Waals surface area (Å²) < 4.78 is 9.12. The van der Waals surface area contributed by atoms with Crippen LogP contribution >= 0.6 is 0 Å². The van der Waals surface area contributed by atoms with Crippen molar-refractivity contribution in [2.24, 2.45) is 0 Å². The van der Waals surface area contributed by atoms with Gasteiger partial charge >= 0.3 is 0 Å². The first-order chi connectivity index (χ1) is 5.45. The van der Waals surface area contributed by atoms with Crippen molar-refractivity contribution in [2.45, 2.75) is 0 Å². The maximum atomic E-state index is 4.56. The first kappa shape index (κ1) is 5.96. The number of hydrogen-bond acceptors (Lipinski definition) is 4. The van der Waals surface area contributed by atoms with Crippen LogP contribution in [0.3, 0.4) is 0 Å². The van der Waals surface area contributed by atoms with Gasteiger partial charge in [-0.1, -0.05) is 10.3 Å². The van der Waals surface area contributed by atoms with Crippen LogP contribution in [-0.2, 0) is 0 Å². The fraction of sp³-hybridized carbons (Fsp3) is 0. The molecule has 2 heterocycles. The van der Waals surface area contributed by atoms with E-state index in [1.54, 1.807) is 12.1 Å². The molecule has 0 amide bonds. The van der Waals surface area contributed by atoms with Crippen LogP contribution < -0.4 is 5.32 Å². The van der Waals surface area contributed by atoms with E-state index in [0.29, 0.717) is 11.6 Å². The number of rotatable bonds is 2. The van der Waals surface area contributed by atoms with Gasteiger partial charge in [0, 0.05) is 12.1 Å². The van der Waals surface area contributed by atoms with Gasteiger partial charge in [-0.15, -0.1) is 0 Å². The van der Waals surface area contributed by atoms with Gasteiger partial charge in [-0.25, -0.2) is 5.32 Å². The molecule has 0 spiro atoms. The van der Waals surface area contributed by atoms with E-state index in [1.165, 1.54) is 12.5 Å². The van der Waals surface area contributed by atoms with Crippen molar-refractivity contribution in [2.75, 3.05) is 0 Å². The number of hydrogen-bond donors (Lipinski definition) is 0. The van der Waals surface area contributed by atoms with Gasteiger partial charge in [0.15, 0.2) is 11.6 Å². The molecule has 0 aromatic carbocycles. The highest BCUT2D eigenvalue weighted by Crippen LogP contribution is 2.10. The molecule has 0 saturated carbocycles. The Labute approximate surface area is 62.0 Å². The molecule has 5 nitrogen and oxygen atoms in total. The molecule has 2 rings (SSSR count). The minimum atomic E-state index is 0.485. The molecule has 0 aliphatic carbocycles. The second kappa shape index (κ2) is 2.45. The molecule has 0 aliphatic heterocycles. The highest BCUT2D eigenvalue weighted by molar-refractivity contribution is 5.35. The summed E-state index contributed by atoms with van der Waals surface area (Å²) in [6.45, 7) is 0. The Bertz CT molecular complexity index is 268. The average molecular weight is 150 g/mol. The third-order valence-electron chi connectivity index (χ3n) is 1.08. The van der Waals surface area contributed by atoms with Crippen molar-refractivity contribution in [1.82, 2.24) is 15.6 Å². The quantitative estimate of drug-likeness (QED) is 0.645. The van der Waals surface area contributed by atoms with Crippen LogP contribution in [0, 0.1) is 0 Å². The van der Waals surface area contributed by atoms with E-state index in [4.69, 9.17) is 0 Å². The topological polar surface area (TPSA) is 66.2 Å². The first-order valence-corrected chi connectivity index (χ1v) is 2.97. The third kappa shape index (κ3) is 1.21. The number of aromatic nitrogens is 2. The van der Waals surface area contributed by atoms with Crippen LogP contribution in [0.5, 0.6) is 0 Å². The SMILES string of the molecule is c1cc([N]c2ccon2)no1. The molecule has 55 valence electrons. The summed E-state index contributed by atoms with van der Waals surface area (Å²) in [5.74, 6) is 0.970. The monoisotopic (exact) mass is 150 g/mol. The number of nitrogens with zero attached hydrogens (tertiary/aromatic N) is 3. The molecule has 0 atom stereocenters. The molecule has 0 saturated heterocycles. The molecule has 0 N–H and O–H groups in total. The Morgan fingerprint density at radius 2 is 1.55 bits per heavy atom. The van der Waals surface area contributed by atoms with Gasteiger partial charge in [-0.05, 0) is 0 Å². The summed E-state index contributed by atoms with van der Waals surface area (Å²) in [4.78, 5) is 0. The Morgan fingerprint density at radius 1 is 1.00 bits per heavy atom. The third-order valence-corrected chi connectivity index (χ3v) is 1.08. The zero-order valence-electron chi connectivity index (χ0n) is 5.47. The van der Waals surface area contributed by atoms with Crippen LogP contribution in [-0.4, -0.2) is 10.3 Å². The Hall–Kier alpha value is -1.78. The molecule has 2 aromatic heterocycles. The van der Waals surface area contributed by atoms with Crippen LogP contribution in [0.2, 0.25) is 0 Å². The second-order valence-electron chi connectivity index (χ2n) is 1.83. The average Bonchev–Trinajstić information content (AvgIpc) is 2.60. The second-order valence-corrected chi connectivity index (χ2v) is 1.83. The summed E-state index contributed by atoms with van der Waals surface area (Å²) in [6.07, 6.45) is 2.89. The molecule has 11 heavy (non-hydrogen) atoms.